The second-order valence-electron chi connectivity index (χ2n) is 16.3. The summed E-state index contributed by atoms with van der Waals surface area (Å²) in [6, 6.07) is 39.4. The van der Waals surface area contributed by atoms with Crippen molar-refractivity contribution < 1.29 is 27.3 Å². The number of para-hydroxylation sites is 3. The Morgan fingerprint density at radius 2 is 1.50 bits per heavy atom. The van der Waals surface area contributed by atoms with Gasteiger partial charge in [0.05, 0.1) is 30.5 Å². The zero-order chi connectivity index (χ0) is 40.8. The van der Waals surface area contributed by atoms with E-state index >= 15 is 0 Å². The molecule has 0 atom stereocenters. The van der Waals surface area contributed by atoms with Crippen molar-refractivity contribution >= 4 is 46.4 Å². The van der Waals surface area contributed by atoms with Crippen molar-refractivity contribution in [3.63, 3.8) is 0 Å². The molecule has 56 heavy (non-hydrogen) atoms. The first-order valence-corrected chi connectivity index (χ1v) is 22.9. The quantitative estimate of drug-likeness (QED) is 0.113. The van der Waals surface area contributed by atoms with Crippen LogP contribution in [0.3, 0.4) is 0 Å². The van der Waals surface area contributed by atoms with Crippen molar-refractivity contribution in [1.29, 1.82) is 0 Å². The van der Waals surface area contributed by atoms with E-state index in [0.29, 0.717) is 17.5 Å². The summed E-state index contributed by atoms with van der Waals surface area (Å²) in [6.07, 6.45) is 0.528. The summed E-state index contributed by atoms with van der Waals surface area (Å²) < 4.78 is 25.8. The first-order chi connectivity index (χ1) is 27.1. The van der Waals surface area contributed by atoms with Crippen LogP contribution in [0, 0.1) is 25.0 Å². The van der Waals surface area contributed by atoms with Gasteiger partial charge in [-0.15, -0.1) is 54.1 Å². The van der Waals surface area contributed by atoms with Gasteiger partial charge < -0.3 is 14.0 Å². The minimum absolute atomic E-state index is 0. The third kappa shape index (κ3) is 8.22. The van der Waals surface area contributed by atoms with Crippen molar-refractivity contribution in [3.05, 3.63) is 138 Å². The molecule has 0 saturated heterocycles. The standard InChI is InChI=1S/C31H28N3O.C18H24NSi.Ir/c1-18(2)21-10-8-11-22(19(3)4)28(21)34-27-15-7-6-14-26(27)33-30(34)25-13-9-12-23-24-17-16-20(5)32-31(24)35-29(23)25;1-14(2)11-16-12-17(15-9-7-6-8-10-15)19-13-18(16)20(3,4)5;/h6-12,14-19H,1-5H3;6-9,12-14H,11H2,1-5H3;/q2*-1;/i;11D2;. The zero-order valence-electron chi connectivity index (χ0n) is 36.1. The van der Waals surface area contributed by atoms with E-state index in [0.717, 1.165) is 66.5 Å². The maximum atomic E-state index is 8.55. The van der Waals surface area contributed by atoms with E-state index in [-0.39, 0.29) is 26.0 Å². The molecule has 4 aromatic carbocycles. The molecule has 0 bridgehead atoms. The molecule has 7 heteroatoms. The molecule has 0 aliphatic rings. The minimum Gasteiger partial charge on any atom is -0.486 e. The Morgan fingerprint density at radius 3 is 2.16 bits per heavy atom. The Balaban J connectivity index is 0.000000214. The molecule has 4 aromatic heterocycles. The number of rotatable bonds is 8. The van der Waals surface area contributed by atoms with Gasteiger partial charge in [0.15, 0.2) is 0 Å². The van der Waals surface area contributed by atoms with Gasteiger partial charge in [-0.3, -0.25) is 4.98 Å². The number of pyridine rings is 2. The molecule has 1 radical (unpaired) electrons. The second kappa shape index (κ2) is 16.8. The second-order valence-corrected chi connectivity index (χ2v) is 21.3. The predicted octanol–water partition coefficient (Wildman–Crippen LogP) is 12.6. The molecule has 0 amide bonds. The van der Waals surface area contributed by atoms with Crippen LogP contribution in [0.1, 0.15) is 78.5 Å². The number of aromatic nitrogens is 4. The van der Waals surface area contributed by atoms with Crippen LogP contribution < -0.4 is 5.19 Å². The summed E-state index contributed by atoms with van der Waals surface area (Å²) >= 11 is 0. The largest absolute Gasteiger partial charge is 0.486 e. The average molecular weight is 935 g/mol. The summed E-state index contributed by atoms with van der Waals surface area (Å²) in [5, 5.41) is 3.14. The number of imidazole rings is 1. The molecule has 0 N–H and O–H groups in total. The van der Waals surface area contributed by atoms with Crippen LogP contribution in [0.2, 0.25) is 19.6 Å². The molecule has 0 fully saturated rings. The van der Waals surface area contributed by atoms with Crippen LogP contribution in [-0.4, -0.2) is 27.6 Å². The fourth-order valence-corrected chi connectivity index (χ4v) is 8.66. The number of nitrogens with zero attached hydrogens (tertiary/aromatic N) is 4. The number of fused-ring (bicyclic) bond motifs is 4. The molecular weight excluding hydrogens is 881 g/mol. The first kappa shape index (κ1) is 38.2. The van der Waals surface area contributed by atoms with Crippen LogP contribution in [0.5, 0.6) is 0 Å². The number of hydrogen-bond acceptors (Lipinski definition) is 4. The van der Waals surface area contributed by atoms with Crippen molar-refractivity contribution in [2.75, 3.05) is 0 Å². The maximum Gasteiger partial charge on any atom is 0.216 e. The van der Waals surface area contributed by atoms with Crippen LogP contribution in [0.25, 0.3) is 61.4 Å². The van der Waals surface area contributed by atoms with Gasteiger partial charge in [0.1, 0.15) is 0 Å². The maximum absolute atomic E-state index is 8.55. The third-order valence-corrected chi connectivity index (χ3v) is 11.9. The van der Waals surface area contributed by atoms with Gasteiger partial charge in [-0.1, -0.05) is 114 Å². The molecule has 8 aromatic rings. The Kier molecular flexibility index (Phi) is 11.5. The Bertz CT molecular complexity index is 2690. The zero-order valence-corrected chi connectivity index (χ0v) is 37.5. The van der Waals surface area contributed by atoms with Crippen LogP contribution in [0.15, 0.2) is 108 Å². The van der Waals surface area contributed by atoms with E-state index < -0.39 is 14.4 Å². The van der Waals surface area contributed by atoms with Gasteiger partial charge in [-0.25, -0.2) is 4.98 Å². The van der Waals surface area contributed by atoms with E-state index in [1.165, 1.54) is 16.8 Å². The number of hydrogen-bond donors (Lipinski definition) is 0. The van der Waals surface area contributed by atoms with Gasteiger partial charge in [0, 0.05) is 45.8 Å². The van der Waals surface area contributed by atoms with Gasteiger partial charge in [0.2, 0.25) is 5.71 Å². The molecule has 0 unspecified atom stereocenters. The fourth-order valence-electron chi connectivity index (χ4n) is 7.25. The van der Waals surface area contributed by atoms with E-state index in [4.69, 9.17) is 12.1 Å². The van der Waals surface area contributed by atoms with Gasteiger partial charge in [-0.2, -0.15) is 0 Å². The Hall–Kier alpha value is -4.68. The molecule has 0 saturated carbocycles. The van der Waals surface area contributed by atoms with Crippen molar-refractivity contribution in [2.24, 2.45) is 5.92 Å². The molecule has 0 aliphatic heterocycles. The topological polar surface area (TPSA) is 56.7 Å². The molecular formula is C49H52IrN4OSi-2. The van der Waals surface area contributed by atoms with Crippen molar-refractivity contribution in [3.8, 4) is 28.3 Å². The SMILES string of the molecule is Cc1ccc2c(n1)oc1c(-c3nc4ccccc4n3-c3c(C(C)C)cccc3C(C)C)[c-]ccc12.[2H]C([2H])(c1cc(-c2[c-]cccc2)ncc1[Si](C)(C)C)C(C)C.[Ir]. The number of benzene rings is 4. The summed E-state index contributed by atoms with van der Waals surface area (Å²) in [5.41, 5.74) is 11.5. The molecule has 4 heterocycles. The summed E-state index contributed by atoms with van der Waals surface area (Å²) in [5.74, 6) is 1.46. The Morgan fingerprint density at radius 1 is 0.786 bits per heavy atom. The number of furan rings is 1. The van der Waals surface area contributed by atoms with E-state index in [2.05, 4.69) is 123 Å². The summed E-state index contributed by atoms with van der Waals surface area (Å²) in [4.78, 5) is 14.4. The van der Waals surface area contributed by atoms with E-state index in [9.17, 15) is 0 Å². The van der Waals surface area contributed by atoms with Crippen LogP contribution >= 0.6 is 0 Å². The Labute approximate surface area is 349 Å². The molecule has 5 nitrogen and oxygen atoms in total. The first-order valence-electron chi connectivity index (χ1n) is 20.4. The predicted molar refractivity (Wildman–Crippen MR) is 233 cm³/mol. The minimum atomic E-state index is -1.67. The summed E-state index contributed by atoms with van der Waals surface area (Å²) in [7, 11) is -1.67. The van der Waals surface area contributed by atoms with Gasteiger partial charge >= 0.3 is 0 Å². The molecule has 289 valence electrons. The van der Waals surface area contributed by atoms with Crippen LogP contribution in [0.4, 0.5) is 0 Å². The normalized spacial score (nSPS) is 12.6. The molecule has 8 rings (SSSR count). The van der Waals surface area contributed by atoms with Gasteiger partial charge in [0.25, 0.3) is 0 Å². The average Bonchev–Trinajstić information content (AvgIpc) is 3.75. The van der Waals surface area contributed by atoms with E-state index in [1.807, 2.05) is 75.5 Å². The van der Waals surface area contributed by atoms with Gasteiger partial charge in [-0.05, 0) is 77.3 Å². The monoisotopic (exact) mass is 935 g/mol. The fraction of sp³-hybridized carbons (Fsp3) is 0.286. The molecule has 0 spiro atoms. The summed E-state index contributed by atoms with van der Waals surface area (Å²) in [6.45, 7) is 21.6. The molecule has 0 aliphatic carbocycles. The third-order valence-electron chi connectivity index (χ3n) is 9.93. The number of aryl methyl sites for hydroxylation is 1. The van der Waals surface area contributed by atoms with Crippen molar-refractivity contribution in [2.45, 2.75) is 86.3 Å². The van der Waals surface area contributed by atoms with E-state index in [1.54, 1.807) is 0 Å². The smallest absolute Gasteiger partial charge is 0.216 e. The van der Waals surface area contributed by atoms with Crippen LogP contribution in [-0.2, 0) is 26.5 Å². The van der Waals surface area contributed by atoms with Crippen molar-refractivity contribution in [1.82, 2.24) is 19.5 Å².